The Morgan fingerprint density at radius 3 is 2.18 bits per heavy atom. The van der Waals surface area contributed by atoms with Crippen LogP contribution in [-0.2, 0) is 22.4 Å². The fraction of sp³-hybridized carbons (Fsp3) is 0.391. The van der Waals surface area contributed by atoms with Crippen molar-refractivity contribution in [3.05, 3.63) is 65.7 Å². The predicted molar refractivity (Wildman–Crippen MR) is 112 cm³/mol. The number of carbonyl (C=O) groups is 2. The number of piperazine rings is 1. The molecule has 0 spiro atoms. The van der Waals surface area contributed by atoms with Crippen molar-refractivity contribution in [2.75, 3.05) is 37.6 Å². The lowest BCUT2D eigenvalue weighted by atomic mass is 10.1. The minimum Gasteiger partial charge on any atom is -0.368 e. The van der Waals surface area contributed by atoms with E-state index in [0.29, 0.717) is 25.9 Å². The molecule has 148 valence electrons. The topological polar surface area (TPSA) is 52.7 Å². The summed E-state index contributed by atoms with van der Waals surface area (Å²) < 4.78 is 0. The number of nitrogens with zero attached hydrogens (tertiary/aromatic N) is 2. The summed E-state index contributed by atoms with van der Waals surface area (Å²) in [6.07, 6.45) is 2.11. The van der Waals surface area contributed by atoms with Gasteiger partial charge in [-0.2, -0.15) is 0 Å². The Morgan fingerprint density at radius 1 is 0.893 bits per heavy atom. The van der Waals surface area contributed by atoms with Crippen LogP contribution in [0.5, 0.6) is 0 Å². The van der Waals surface area contributed by atoms with Gasteiger partial charge in [0.2, 0.25) is 11.8 Å². The van der Waals surface area contributed by atoms with Gasteiger partial charge in [-0.3, -0.25) is 9.59 Å². The van der Waals surface area contributed by atoms with E-state index >= 15 is 0 Å². The van der Waals surface area contributed by atoms with Gasteiger partial charge in [0.05, 0.1) is 6.54 Å². The molecule has 1 aliphatic heterocycles. The molecule has 2 amide bonds. The van der Waals surface area contributed by atoms with Gasteiger partial charge in [-0.15, -0.1) is 0 Å². The largest absolute Gasteiger partial charge is 0.368 e. The molecule has 2 aromatic carbocycles. The van der Waals surface area contributed by atoms with Gasteiger partial charge in [0.1, 0.15) is 0 Å². The van der Waals surface area contributed by atoms with Gasteiger partial charge in [-0.05, 0) is 36.1 Å². The van der Waals surface area contributed by atoms with Crippen LogP contribution in [0.3, 0.4) is 0 Å². The highest BCUT2D eigenvalue weighted by Crippen LogP contribution is 2.15. The van der Waals surface area contributed by atoms with Gasteiger partial charge in [-0.1, -0.05) is 49.4 Å². The van der Waals surface area contributed by atoms with Gasteiger partial charge < -0.3 is 15.1 Å². The molecule has 0 aliphatic carbocycles. The third-order valence-corrected chi connectivity index (χ3v) is 5.26. The van der Waals surface area contributed by atoms with Crippen molar-refractivity contribution in [3.8, 4) is 0 Å². The van der Waals surface area contributed by atoms with E-state index in [1.807, 2.05) is 23.1 Å². The molecule has 1 aliphatic rings. The third-order valence-electron chi connectivity index (χ3n) is 5.26. The van der Waals surface area contributed by atoms with Gasteiger partial charge >= 0.3 is 0 Å². The third kappa shape index (κ3) is 5.59. The van der Waals surface area contributed by atoms with Crippen molar-refractivity contribution in [3.63, 3.8) is 0 Å². The molecule has 3 rings (SSSR count). The van der Waals surface area contributed by atoms with Gasteiger partial charge in [0, 0.05) is 38.3 Å². The highest BCUT2D eigenvalue weighted by molar-refractivity contribution is 5.85. The fourth-order valence-electron chi connectivity index (χ4n) is 3.43. The van der Waals surface area contributed by atoms with Crippen LogP contribution < -0.4 is 10.2 Å². The Morgan fingerprint density at radius 2 is 1.54 bits per heavy atom. The highest BCUT2D eigenvalue weighted by atomic mass is 16.2. The van der Waals surface area contributed by atoms with E-state index < -0.39 is 0 Å². The predicted octanol–water partition coefficient (Wildman–Crippen LogP) is 2.65. The zero-order chi connectivity index (χ0) is 19.8. The smallest absolute Gasteiger partial charge is 0.242 e. The number of para-hydroxylation sites is 1. The maximum atomic E-state index is 12.4. The first-order valence-electron chi connectivity index (χ1n) is 10.1. The fourth-order valence-corrected chi connectivity index (χ4v) is 3.43. The van der Waals surface area contributed by atoms with Crippen LogP contribution in [0.25, 0.3) is 0 Å². The maximum Gasteiger partial charge on any atom is 0.242 e. The van der Waals surface area contributed by atoms with Crippen LogP contribution in [0.4, 0.5) is 5.69 Å². The van der Waals surface area contributed by atoms with E-state index in [-0.39, 0.29) is 18.4 Å². The van der Waals surface area contributed by atoms with Crippen molar-refractivity contribution >= 4 is 17.5 Å². The Labute approximate surface area is 167 Å². The summed E-state index contributed by atoms with van der Waals surface area (Å²) in [5.41, 5.74) is 3.64. The standard InChI is InChI=1S/C23H29N3O2/c1-2-19-8-10-20(11-9-19)12-13-22(27)24-18-23(28)26-16-14-25(15-17-26)21-6-4-3-5-7-21/h3-11H,2,12-18H2,1H3,(H,24,27). The molecule has 0 aromatic heterocycles. The van der Waals surface area contributed by atoms with E-state index in [1.165, 1.54) is 11.3 Å². The summed E-state index contributed by atoms with van der Waals surface area (Å²) in [5, 5.41) is 2.77. The molecule has 5 heteroatoms. The second-order valence-electron chi connectivity index (χ2n) is 7.15. The lowest BCUT2D eigenvalue weighted by Crippen LogP contribution is -2.51. The Bertz CT molecular complexity index is 766. The van der Waals surface area contributed by atoms with Crippen LogP contribution in [0, 0.1) is 0 Å². The molecule has 1 heterocycles. The number of rotatable bonds is 7. The maximum absolute atomic E-state index is 12.4. The van der Waals surface area contributed by atoms with Crippen LogP contribution in [0.1, 0.15) is 24.5 Å². The van der Waals surface area contributed by atoms with Gasteiger partial charge in [0.25, 0.3) is 0 Å². The molecule has 0 saturated carbocycles. The second kappa shape index (κ2) is 9.93. The Balaban J connectivity index is 1.36. The molecule has 0 unspecified atom stereocenters. The molecule has 1 N–H and O–H groups in total. The normalized spacial score (nSPS) is 14.0. The van der Waals surface area contributed by atoms with E-state index in [4.69, 9.17) is 0 Å². The molecule has 1 saturated heterocycles. The number of anilines is 1. The van der Waals surface area contributed by atoms with Crippen molar-refractivity contribution in [2.45, 2.75) is 26.2 Å². The quantitative estimate of drug-likeness (QED) is 0.805. The molecule has 0 atom stereocenters. The zero-order valence-corrected chi connectivity index (χ0v) is 16.6. The van der Waals surface area contributed by atoms with Crippen molar-refractivity contribution in [1.29, 1.82) is 0 Å². The molecular formula is C23H29N3O2. The summed E-state index contributed by atoms with van der Waals surface area (Å²) in [7, 11) is 0. The molecular weight excluding hydrogens is 350 g/mol. The number of carbonyl (C=O) groups excluding carboxylic acids is 2. The van der Waals surface area contributed by atoms with Crippen LogP contribution in [0.2, 0.25) is 0 Å². The number of aryl methyl sites for hydroxylation is 2. The molecule has 28 heavy (non-hydrogen) atoms. The van der Waals surface area contributed by atoms with Gasteiger partial charge in [-0.25, -0.2) is 0 Å². The lowest BCUT2D eigenvalue weighted by Gasteiger charge is -2.36. The average molecular weight is 380 g/mol. The second-order valence-corrected chi connectivity index (χ2v) is 7.15. The zero-order valence-electron chi connectivity index (χ0n) is 16.6. The van der Waals surface area contributed by atoms with Crippen molar-refractivity contribution in [2.24, 2.45) is 0 Å². The summed E-state index contributed by atoms with van der Waals surface area (Å²) in [5.74, 6) is -0.0794. The Hall–Kier alpha value is -2.82. The molecule has 1 fully saturated rings. The monoisotopic (exact) mass is 379 g/mol. The van der Waals surface area contributed by atoms with E-state index in [9.17, 15) is 9.59 Å². The molecule has 0 bridgehead atoms. The first-order chi connectivity index (χ1) is 13.7. The summed E-state index contributed by atoms with van der Waals surface area (Å²) in [6.45, 7) is 5.22. The number of hydrogen-bond donors (Lipinski definition) is 1. The van der Waals surface area contributed by atoms with Crippen LogP contribution in [0.15, 0.2) is 54.6 Å². The number of hydrogen-bond acceptors (Lipinski definition) is 3. The minimum atomic E-state index is -0.0733. The summed E-state index contributed by atoms with van der Waals surface area (Å²) in [4.78, 5) is 28.6. The van der Waals surface area contributed by atoms with Crippen LogP contribution >= 0.6 is 0 Å². The molecule has 0 radical (unpaired) electrons. The first-order valence-corrected chi connectivity index (χ1v) is 10.1. The van der Waals surface area contributed by atoms with Gasteiger partial charge in [0.15, 0.2) is 0 Å². The van der Waals surface area contributed by atoms with E-state index in [0.717, 1.165) is 25.1 Å². The van der Waals surface area contributed by atoms with Crippen molar-refractivity contribution in [1.82, 2.24) is 10.2 Å². The number of amides is 2. The lowest BCUT2D eigenvalue weighted by molar-refractivity contribution is -0.133. The number of benzene rings is 2. The first kappa shape index (κ1) is 19.9. The van der Waals surface area contributed by atoms with E-state index in [2.05, 4.69) is 53.5 Å². The van der Waals surface area contributed by atoms with Crippen LogP contribution in [-0.4, -0.2) is 49.4 Å². The van der Waals surface area contributed by atoms with E-state index in [1.54, 1.807) is 0 Å². The summed E-state index contributed by atoms with van der Waals surface area (Å²) in [6, 6.07) is 18.6. The molecule has 2 aromatic rings. The minimum absolute atomic E-state index is 0.00615. The molecule has 5 nitrogen and oxygen atoms in total. The number of nitrogens with one attached hydrogen (secondary N) is 1. The SMILES string of the molecule is CCc1ccc(CCC(=O)NCC(=O)N2CCN(c3ccccc3)CC2)cc1. The highest BCUT2D eigenvalue weighted by Gasteiger charge is 2.21. The summed E-state index contributed by atoms with van der Waals surface area (Å²) >= 11 is 0. The average Bonchev–Trinajstić information content (AvgIpc) is 2.77. The Kier molecular flexibility index (Phi) is 7.06. The van der Waals surface area contributed by atoms with Crippen molar-refractivity contribution < 1.29 is 9.59 Å².